The van der Waals surface area contributed by atoms with Crippen LogP contribution in [0.15, 0.2) is 22.5 Å². The number of thiazole rings is 1. The fraction of sp³-hybridized carbons (Fsp3) is 0.364. The van der Waals surface area contributed by atoms with Gasteiger partial charge in [0.25, 0.3) is 0 Å². The molecule has 2 unspecified atom stereocenters. The summed E-state index contributed by atoms with van der Waals surface area (Å²) in [7, 11) is 0. The predicted molar refractivity (Wildman–Crippen MR) is 71.0 cm³/mol. The highest BCUT2D eigenvalue weighted by Gasteiger charge is 2.13. The predicted octanol–water partition coefficient (Wildman–Crippen LogP) is 2.74. The third-order valence-electron chi connectivity index (χ3n) is 2.36. The zero-order chi connectivity index (χ0) is 11.7. The molecule has 86 valence electrons. The lowest BCUT2D eigenvalue weighted by molar-refractivity contribution is 0.196. The average Bonchev–Trinajstić information content (AvgIpc) is 2.58. The van der Waals surface area contributed by atoms with Crippen molar-refractivity contribution < 1.29 is 5.11 Å². The maximum atomic E-state index is 9.44. The lowest BCUT2D eigenvalue weighted by atomic mass is 10.3. The Hall–Kier alpha value is -0.780. The summed E-state index contributed by atoms with van der Waals surface area (Å²) >= 11 is 3.22. The molecule has 3 nitrogen and oxygen atoms in total. The van der Waals surface area contributed by atoms with Crippen molar-refractivity contribution in [3.05, 3.63) is 18.2 Å². The number of aromatic nitrogens is 1. The van der Waals surface area contributed by atoms with Gasteiger partial charge in [0.2, 0.25) is 0 Å². The Morgan fingerprint density at radius 3 is 2.88 bits per heavy atom. The minimum Gasteiger partial charge on any atom is -0.399 e. The van der Waals surface area contributed by atoms with E-state index >= 15 is 0 Å². The molecule has 1 heterocycles. The number of fused-ring (bicyclic) bond motifs is 1. The van der Waals surface area contributed by atoms with Crippen LogP contribution in [0.5, 0.6) is 0 Å². The zero-order valence-electron chi connectivity index (χ0n) is 9.18. The Labute approximate surface area is 103 Å². The second-order valence-corrected chi connectivity index (χ2v) is 6.43. The summed E-state index contributed by atoms with van der Waals surface area (Å²) in [5, 5.41) is 9.59. The van der Waals surface area contributed by atoms with Crippen LogP contribution in [0.2, 0.25) is 0 Å². The van der Waals surface area contributed by atoms with Crippen LogP contribution in [-0.2, 0) is 0 Å². The number of aliphatic hydroxyl groups is 1. The van der Waals surface area contributed by atoms with Gasteiger partial charge < -0.3 is 10.8 Å². The van der Waals surface area contributed by atoms with Gasteiger partial charge in [-0.3, -0.25) is 0 Å². The highest BCUT2D eigenvalue weighted by atomic mass is 32.2. The van der Waals surface area contributed by atoms with Gasteiger partial charge in [-0.15, -0.1) is 11.3 Å². The van der Waals surface area contributed by atoms with Gasteiger partial charge in [-0.2, -0.15) is 0 Å². The number of anilines is 1. The molecule has 0 aliphatic heterocycles. The Morgan fingerprint density at radius 2 is 2.19 bits per heavy atom. The molecule has 0 amide bonds. The Kier molecular flexibility index (Phi) is 3.37. The first-order valence-corrected chi connectivity index (χ1v) is 6.76. The van der Waals surface area contributed by atoms with Gasteiger partial charge in [0, 0.05) is 10.9 Å². The SMILES string of the molecule is CC(O)C(C)Sc1nc2ccc(N)cc2s1. The van der Waals surface area contributed by atoms with E-state index in [4.69, 9.17) is 5.73 Å². The van der Waals surface area contributed by atoms with E-state index in [2.05, 4.69) is 4.98 Å². The van der Waals surface area contributed by atoms with Crippen LogP contribution in [0, 0.1) is 0 Å². The van der Waals surface area contributed by atoms with Gasteiger partial charge in [0.15, 0.2) is 4.34 Å². The molecule has 0 bridgehead atoms. The van der Waals surface area contributed by atoms with Gasteiger partial charge in [0.1, 0.15) is 0 Å². The van der Waals surface area contributed by atoms with Crippen LogP contribution in [0.3, 0.4) is 0 Å². The molecule has 0 fully saturated rings. The summed E-state index contributed by atoms with van der Waals surface area (Å²) in [6.07, 6.45) is -0.331. The second kappa shape index (κ2) is 4.61. The number of rotatable bonds is 3. The summed E-state index contributed by atoms with van der Waals surface area (Å²) in [4.78, 5) is 4.49. The number of thioether (sulfide) groups is 1. The van der Waals surface area contributed by atoms with Crippen molar-refractivity contribution in [1.29, 1.82) is 0 Å². The van der Waals surface area contributed by atoms with E-state index in [1.54, 1.807) is 30.0 Å². The molecule has 1 aromatic heterocycles. The number of nitrogen functional groups attached to an aromatic ring is 1. The fourth-order valence-electron chi connectivity index (χ4n) is 1.23. The van der Waals surface area contributed by atoms with E-state index in [-0.39, 0.29) is 11.4 Å². The van der Waals surface area contributed by atoms with Crippen molar-refractivity contribution in [2.45, 2.75) is 29.5 Å². The van der Waals surface area contributed by atoms with Crippen molar-refractivity contribution in [1.82, 2.24) is 4.98 Å². The maximum Gasteiger partial charge on any atom is 0.151 e. The van der Waals surface area contributed by atoms with Crippen LogP contribution in [0.1, 0.15) is 13.8 Å². The number of hydrogen-bond donors (Lipinski definition) is 2. The molecule has 0 saturated heterocycles. The lowest BCUT2D eigenvalue weighted by Gasteiger charge is -2.11. The summed E-state index contributed by atoms with van der Waals surface area (Å²) in [5.41, 5.74) is 7.45. The number of aliphatic hydroxyl groups excluding tert-OH is 1. The Morgan fingerprint density at radius 1 is 1.44 bits per heavy atom. The summed E-state index contributed by atoms with van der Waals surface area (Å²) in [6.45, 7) is 3.79. The molecule has 0 aliphatic carbocycles. The van der Waals surface area contributed by atoms with Crippen LogP contribution >= 0.6 is 23.1 Å². The van der Waals surface area contributed by atoms with E-state index < -0.39 is 0 Å². The minimum absolute atomic E-state index is 0.151. The second-order valence-electron chi connectivity index (χ2n) is 3.77. The van der Waals surface area contributed by atoms with Crippen LogP contribution in [0.4, 0.5) is 5.69 Å². The van der Waals surface area contributed by atoms with Crippen molar-refractivity contribution in [3.8, 4) is 0 Å². The Bertz CT molecular complexity index is 496. The molecule has 3 N–H and O–H groups in total. The highest BCUT2D eigenvalue weighted by molar-refractivity contribution is 8.01. The van der Waals surface area contributed by atoms with Crippen molar-refractivity contribution in [3.63, 3.8) is 0 Å². The van der Waals surface area contributed by atoms with Gasteiger partial charge in [-0.25, -0.2) is 4.98 Å². The van der Waals surface area contributed by atoms with Gasteiger partial charge in [0.05, 0.1) is 16.3 Å². The molecule has 1 aromatic carbocycles. The topological polar surface area (TPSA) is 59.1 Å². The summed E-state index contributed by atoms with van der Waals surface area (Å²) < 4.78 is 2.08. The fourth-order valence-corrected chi connectivity index (χ4v) is 3.56. The largest absolute Gasteiger partial charge is 0.399 e. The number of nitrogens with zero attached hydrogens (tertiary/aromatic N) is 1. The van der Waals surface area contributed by atoms with E-state index in [0.29, 0.717) is 0 Å². The van der Waals surface area contributed by atoms with Crippen molar-refractivity contribution >= 4 is 39.0 Å². The maximum absolute atomic E-state index is 9.44. The molecule has 2 aromatic rings. The molecule has 0 aliphatic rings. The van der Waals surface area contributed by atoms with Gasteiger partial charge in [-0.05, 0) is 25.1 Å². The van der Waals surface area contributed by atoms with Gasteiger partial charge in [-0.1, -0.05) is 18.7 Å². The molecule has 0 radical (unpaired) electrons. The molecule has 2 atom stereocenters. The first kappa shape index (κ1) is 11.7. The van der Waals surface area contributed by atoms with Crippen molar-refractivity contribution in [2.24, 2.45) is 0 Å². The third-order valence-corrected chi connectivity index (χ3v) is 4.77. The van der Waals surface area contributed by atoms with Crippen molar-refractivity contribution in [2.75, 3.05) is 5.73 Å². The Balaban J connectivity index is 2.26. The summed E-state index contributed by atoms with van der Waals surface area (Å²) in [5.74, 6) is 0. The molecule has 0 saturated carbocycles. The standard InChI is InChI=1S/C11H14N2OS2/c1-6(14)7(2)15-11-13-9-4-3-8(12)5-10(9)16-11/h3-7,14H,12H2,1-2H3. The smallest absolute Gasteiger partial charge is 0.151 e. The lowest BCUT2D eigenvalue weighted by Crippen LogP contribution is -2.14. The average molecular weight is 254 g/mol. The van der Waals surface area contributed by atoms with E-state index in [1.165, 1.54) is 0 Å². The molecular formula is C11H14N2OS2. The first-order valence-electron chi connectivity index (χ1n) is 5.07. The van der Waals surface area contributed by atoms with E-state index in [0.717, 1.165) is 20.2 Å². The van der Waals surface area contributed by atoms with Gasteiger partial charge >= 0.3 is 0 Å². The molecule has 0 spiro atoms. The summed E-state index contributed by atoms with van der Waals surface area (Å²) in [6, 6.07) is 5.72. The molecular weight excluding hydrogens is 240 g/mol. The molecule has 16 heavy (non-hydrogen) atoms. The molecule has 5 heteroatoms. The first-order chi connectivity index (χ1) is 7.56. The van der Waals surface area contributed by atoms with Crippen LogP contribution < -0.4 is 5.73 Å². The van der Waals surface area contributed by atoms with Crippen LogP contribution in [-0.4, -0.2) is 21.4 Å². The van der Waals surface area contributed by atoms with E-state index in [9.17, 15) is 5.11 Å². The normalized spacial score (nSPS) is 15.2. The quantitative estimate of drug-likeness (QED) is 0.653. The molecule has 2 rings (SSSR count). The minimum atomic E-state index is -0.331. The highest BCUT2D eigenvalue weighted by Crippen LogP contribution is 2.33. The monoisotopic (exact) mass is 254 g/mol. The van der Waals surface area contributed by atoms with Crippen LogP contribution in [0.25, 0.3) is 10.2 Å². The third kappa shape index (κ3) is 2.48. The number of hydrogen-bond acceptors (Lipinski definition) is 5. The van der Waals surface area contributed by atoms with E-state index in [1.807, 2.05) is 25.1 Å². The number of nitrogens with two attached hydrogens (primary N) is 1. The zero-order valence-corrected chi connectivity index (χ0v) is 10.8. The number of benzene rings is 1.